The first kappa shape index (κ1) is 24.5. The van der Waals surface area contributed by atoms with E-state index in [0.29, 0.717) is 37.4 Å². The molecule has 36 heavy (non-hydrogen) atoms. The van der Waals surface area contributed by atoms with Gasteiger partial charge in [0, 0.05) is 24.2 Å². The van der Waals surface area contributed by atoms with Crippen LogP contribution >= 0.6 is 0 Å². The predicted molar refractivity (Wildman–Crippen MR) is 129 cm³/mol. The fourth-order valence-electron chi connectivity index (χ4n) is 3.12. The van der Waals surface area contributed by atoms with Crippen molar-refractivity contribution in [2.75, 3.05) is 13.2 Å². The number of H-pyrrole nitrogens is 2. The molecule has 0 bridgehead atoms. The zero-order valence-electron chi connectivity index (χ0n) is 19.9. The second-order valence-corrected chi connectivity index (χ2v) is 8.03. The van der Waals surface area contributed by atoms with Crippen LogP contribution in [0.1, 0.15) is 22.5 Å². The average Bonchev–Trinajstić information content (AvgIpc) is 3.51. The minimum Gasteiger partial charge on any atom is -0.493 e. The Hall–Kier alpha value is -4.60. The number of hydrogen-bond donors (Lipinski definition) is 2. The van der Waals surface area contributed by atoms with Gasteiger partial charge in [-0.15, -0.1) is 0 Å². The summed E-state index contributed by atoms with van der Waals surface area (Å²) in [5.41, 5.74) is 3.66. The molecule has 0 aliphatic heterocycles. The average molecular weight is 491 g/mol. The number of aryl methyl sites for hydroxylation is 2. The third kappa shape index (κ3) is 7.20. The lowest BCUT2D eigenvalue weighted by Crippen LogP contribution is -2.26. The lowest BCUT2D eigenvalue weighted by molar-refractivity contribution is -0.156. The lowest BCUT2D eigenvalue weighted by atomic mass is 10.2. The van der Waals surface area contributed by atoms with Crippen molar-refractivity contribution in [2.45, 2.75) is 26.7 Å². The highest BCUT2D eigenvalue weighted by Crippen LogP contribution is 2.14. The van der Waals surface area contributed by atoms with Gasteiger partial charge in [-0.05, 0) is 38.1 Å². The molecule has 0 unspecified atom stereocenters. The van der Waals surface area contributed by atoms with Crippen LogP contribution in [0.15, 0.2) is 60.9 Å². The van der Waals surface area contributed by atoms with E-state index in [4.69, 9.17) is 18.9 Å². The molecule has 2 aromatic carbocycles. The summed E-state index contributed by atoms with van der Waals surface area (Å²) in [6, 6.07) is 15.2. The standard InChI is InChI=1S/C26H26N4O6/c1-17-3-7-21(8-4-17)33-13-11-19-15-27-25(29-19)35-23(31)24(32)36-26-28-16-20(30-26)12-14-34-22-9-5-18(2)6-10-22/h3-10,15-16H,11-14H2,1-2H3,(H,27,29)(H,28,30). The number of hydrogen-bond acceptors (Lipinski definition) is 8. The number of ether oxygens (including phenoxy) is 4. The molecule has 10 heteroatoms. The fourth-order valence-corrected chi connectivity index (χ4v) is 3.12. The molecule has 0 fully saturated rings. The summed E-state index contributed by atoms with van der Waals surface area (Å²) >= 11 is 0. The van der Waals surface area contributed by atoms with Crippen LogP contribution in [0.5, 0.6) is 23.5 Å². The molecule has 4 aromatic rings. The highest BCUT2D eigenvalue weighted by Gasteiger charge is 2.22. The van der Waals surface area contributed by atoms with E-state index in [0.717, 1.165) is 22.6 Å². The largest absolute Gasteiger partial charge is 0.493 e. The van der Waals surface area contributed by atoms with Crippen LogP contribution in [0, 0.1) is 13.8 Å². The highest BCUT2D eigenvalue weighted by atomic mass is 16.6. The monoisotopic (exact) mass is 490 g/mol. The molecule has 0 saturated carbocycles. The van der Waals surface area contributed by atoms with Crippen LogP contribution < -0.4 is 18.9 Å². The Morgan fingerprint density at radius 1 is 0.667 bits per heavy atom. The first-order valence-corrected chi connectivity index (χ1v) is 11.4. The van der Waals surface area contributed by atoms with Crippen molar-refractivity contribution < 1.29 is 28.5 Å². The van der Waals surface area contributed by atoms with E-state index in [-0.39, 0.29) is 12.0 Å². The molecule has 0 spiro atoms. The van der Waals surface area contributed by atoms with Gasteiger partial charge in [0.2, 0.25) is 0 Å². The van der Waals surface area contributed by atoms with Gasteiger partial charge in [0.1, 0.15) is 11.5 Å². The van der Waals surface area contributed by atoms with Crippen LogP contribution in [0.2, 0.25) is 0 Å². The normalized spacial score (nSPS) is 10.6. The van der Waals surface area contributed by atoms with Crippen molar-refractivity contribution >= 4 is 11.9 Å². The first-order chi connectivity index (χ1) is 17.4. The van der Waals surface area contributed by atoms with E-state index in [9.17, 15) is 9.59 Å². The summed E-state index contributed by atoms with van der Waals surface area (Å²) in [6.45, 7) is 4.81. The zero-order valence-corrected chi connectivity index (χ0v) is 19.9. The van der Waals surface area contributed by atoms with Crippen molar-refractivity contribution in [3.8, 4) is 23.5 Å². The van der Waals surface area contributed by atoms with E-state index >= 15 is 0 Å². The molecule has 0 aliphatic rings. The summed E-state index contributed by atoms with van der Waals surface area (Å²) in [5.74, 6) is -0.941. The quantitative estimate of drug-likeness (QED) is 0.255. The minimum absolute atomic E-state index is 0.115. The van der Waals surface area contributed by atoms with Gasteiger partial charge < -0.3 is 28.9 Å². The van der Waals surface area contributed by atoms with Crippen molar-refractivity contribution in [1.82, 2.24) is 19.9 Å². The zero-order chi connectivity index (χ0) is 25.3. The number of carbonyl (C=O) groups is 2. The molecule has 2 aromatic heterocycles. The number of aromatic nitrogens is 4. The Labute approximate surface area is 207 Å². The van der Waals surface area contributed by atoms with Gasteiger partial charge in [0.05, 0.1) is 25.6 Å². The number of aromatic amines is 2. The predicted octanol–water partition coefficient (Wildman–Crippen LogP) is 3.50. The van der Waals surface area contributed by atoms with Crippen LogP contribution in [-0.2, 0) is 22.4 Å². The molecular weight excluding hydrogens is 464 g/mol. The molecule has 186 valence electrons. The van der Waals surface area contributed by atoms with E-state index < -0.39 is 11.9 Å². The summed E-state index contributed by atoms with van der Waals surface area (Å²) in [5, 5.41) is 0. The van der Waals surface area contributed by atoms with Crippen molar-refractivity contribution in [3.05, 3.63) is 83.4 Å². The lowest BCUT2D eigenvalue weighted by Gasteiger charge is -2.05. The molecule has 10 nitrogen and oxygen atoms in total. The molecule has 0 radical (unpaired) electrons. The van der Waals surface area contributed by atoms with Crippen LogP contribution in [-0.4, -0.2) is 45.1 Å². The Kier molecular flexibility index (Phi) is 7.97. The van der Waals surface area contributed by atoms with Crippen molar-refractivity contribution in [2.24, 2.45) is 0 Å². The Morgan fingerprint density at radius 3 is 1.44 bits per heavy atom. The van der Waals surface area contributed by atoms with Gasteiger partial charge in [-0.3, -0.25) is 0 Å². The summed E-state index contributed by atoms with van der Waals surface area (Å²) < 4.78 is 21.2. The van der Waals surface area contributed by atoms with E-state index in [1.165, 1.54) is 12.4 Å². The molecule has 0 aliphatic carbocycles. The summed E-state index contributed by atoms with van der Waals surface area (Å²) in [6.07, 6.45) is 4.02. The molecule has 4 rings (SSSR count). The number of benzene rings is 2. The van der Waals surface area contributed by atoms with Crippen molar-refractivity contribution in [3.63, 3.8) is 0 Å². The number of rotatable bonds is 10. The number of imidazole rings is 2. The maximum atomic E-state index is 12.1. The van der Waals surface area contributed by atoms with Gasteiger partial charge in [-0.25, -0.2) is 19.6 Å². The van der Waals surface area contributed by atoms with Crippen LogP contribution in [0.4, 0.5) is 0 Å². The minimum atomic E-state index is -1.23. The Bertz CT molecular complexity index is 1190. The molecular formula is C26H26N4O6. The number of carbonyl (C=O) groups excluding carboxylic acids is 2. The van der Waals surface area contributed by atoms with Crippen LogP contribution in [0.25, 0.3) is 0 Å². The summed E-state index contributed by atoms with van der Waals surface area (Å²) in [7, 11) is 0. The van der Waals surface area contributed by atoms with Gasteiger partial charge in [0.15, 0.2) is 0 Å². The molecule has 0 atom stereocenters. The van der Waals surface area contributed by atoms with E-state index in [1.807, 2.05) is 62.4 Å². The SMILES string of the molecule is Cc1ccc(OCCc2cnc(OC(=O)C(=O)Oc3ncc(CCOc4ccc(C)cc4)[nH]3)[nH]2)cc1. The second-order valence-electron chi connectivity index (χ2n) is 8.03. The number of esters is 2. The van der Waals surface area contributed by atoms with E-state index in [1.54, 1.807) is 0 Å². The van der Waals surface area contributed by atoms with Gasteiger partial charge in [-0.2, -0.15) is 0 Å². The molecule has 2 heterocycles. The summed E-state index contributed by atoms with van der Waals surface area (Å²) in [4.78, 5) is 37.7. The second kappa shape index (κ2) is 11.7. The van der Waals surface area contributed by atoms with Crippen LogP contribution in [0.3, 0.4) is 0 Å². The number of nitrogens with zero attached hydrogens (tertiary/aromatic N) is 2. The maximum absolute atomic E-state index is 12.1. The highest BCUT2D eigenvalue weighted by molar-refractivity contribution is 6.30. The molecule has 2 N–H and O–H groups in total. The third-order valence-electron chi connectivity index (χ3n) is 5.08. The first-order valence-electron chi connectivity index (χ1n) is 11.4. The van der Waals surface area contributed by atoms with Gasteiger partial charge in [-0.1, -0.05) is 35.4 Å². The number of nitrogens with one attached hydrogen (secondary N) is 2. The Morgan fingerprint density at radius 2 is 1.06 bits per heavy atom. The maximum Gasteiger partial charge on any atom is 0.425 e. The topological polar surface area (TPSA) is 128 Å². The van der Waals surface area contributed by atoms with Gasteiger partial charge in [0.25, 0.3) is 0 Å². The van der Waals surface area contributed by atoms with E-state index in [2.05, 4.69) is 19.9 Å². The van der Waals surface area contributed by atoms with Crippen molar-refractivity contribution in [1.29, 1.82) is 0 Å². The van der Waals surface area contributed by atoms with Gasteiger partial charge >= 0.3 is 24.0 Å². The molecule has 0 saturated heterocycles. The third-order valence-corrected chi connectivity index (χ3v) is 5.08. The fraction of sp³-hybridized carbons (Fsp3) is 0.231. The smallest absolute Gasteiger partial charge is 0.425 e. The molecule has 0 amide bonds. The Balaban J connectivity index is 1.18.